The van der Waals surface area contributed by atoms with Crippen LogP contribution in [0.4, 0.5) is 11.4 Å². The second-order valence-electron chi connectivity index (χ2n) is 7.56. The molecule has 0 fully saturated rings. The average Bonchev–Trinajstić information content (AvgIpc) is 2.82. The highest BCUT2D eigenvalue weighted by molar-refractivity contribution is 6.00. The molecule has 0 spiro atoms. The molecule has 6 nitrogen and oxygen atoms in total. The summed E-state index contributed by atoms with van der Waals surface area (Å²) in [6, 6.07) is 25.8. The lowest BCUT2D eigenvalue weighted by Crippen LogP contribution is -2.64. The third-order valence-corrected chi connectivity index (χ3v) is 5.87. The lowest BCUT2D eigenvalue weighted by Gasteiger charge is -2.45. The van der Waals surface area contributed by atoms with E-state index >= 15 is 0 Å². The van der Waals surface area contributed by atoms with Crippen LogP contribution in [0.1, 0.15) is 32.3 Å². The Balaban J connectivity index is 1.52. The van der Waals surface area contributed by atoms with Gasteiger partial charge in [-0.25, -0.2) is 16.3 Å². The molecule has 0 aliphatic carbocycles. The molecule has 3 aromatic rings. The number of ether oxygens (including phenoxy) is 1. The molecular weight excluding hydrogens is 386 g/mol. The molecule has 1 aliphatic rings. The summed E-state index contributed by atoms with van der Waals surface area (Å²) >= 11 is 0. The molecule has 160 valence electrons. The first-order chi connectivity index (χ1) is 15.2. The number of hydrazine groups is 2. The van der Waals surface area contributed by atoms with E-state index in [1.165, 1.54) is 0 Å². The van der Waals surface area contributed by atoms with Crippen LogP contribution < -0.4 is 26.4 Å². The van der Waals surface area contributed by atoms with Gasteiger partial charge in [0.2, 0.25) is 0 Å². The molecule has 0 saturated carbocycles. The Kier molecular flexibility index (Phi) is 6.21. The highest BCUT2D eigenvalue weighted by Gasteiger charge is 2.41. The maximum absolute atomic E-state index is 6.59. The summed E-state index contributed by atoms with van der Waals surface area (Å²) in [5, 5.41) is 1.85. The van der Waals surface area contributed by atoms with E-state index in [1.54, 1.807) is 0 Å². The summed E-state index contributed by atoms with van der Waals surface area (Å²) in [6.07, 6.45) is 1.66. The van der Waals surface area contributed by atoms with E-state index in [0.29, 0.717) is 6.54 Å². The molecule has 3 aromatic carbocycles. The molecule has 0 saturated heterocycles. The Morgan fingerprint density at radius 2 is 1.58 bits per heavy atom. The quantitative estimate of drug-likeness (QED) is 0.372. The minimum atomic E-state index is -0.401. The van der Waals surface area contributed by atoms with Crippen LogP contribution in [-0.2, 0) is 6.54 Å². The SMILES string of the molecule is CCC1(CC)C(NNCc2ccccc2Oc2ccccc2)=Nc2ccccc2N1N. The van der Waals surface area contributed by atoms with Gasteiger partial charge in [-0.1, -0.05) is 62.4 Å². The minimum Gasteiger partial charge on any atom is -0.457 e. The zero-order chi connectivity index (χ0) is 21.7. The smallest absolute Gasteiger partial charge is 0.144 e. The van der Waals surface area contributed by atoms with Gasteiger partial charge in [-0.15, -0.1) is 0 Å². The second-order valence-corrected chi connectivity index (χ2v) is 7.56. The van der Waals surface area contributed by atoms with Crippen LogP contribution in [0.2, 0.25) is 0 Å². The third kappa shape index (κ3) is 4.13. The van der Waals surface area contributed by atoms with E-state index in [9.17, 15) is 0 Å². The highest BCUT2D eigenvalue weighted by atomic mass is 16.5. The van der Waals surface area contributed by atoms with Crippen LogP contribution in [-0.4, -0.2) is 11.4 Å². The predicted octanol–water partition coefficient (Wildman–Crippen LogP) is 5.06. The van der Waals surface area contributed by atoms with Crippen molar-refractivity contribution in [2.24, 2.45) is 10.8 Å². The van der Waals surface area contributed by atoms with Crippen molar-refractivity contribution in [1.82, 2.24) is 10.9 Å². The number of nitrogens with two attached hydrogens (primary N) is 1. The molecular formula is C25H29N5O. The van der Waals surface area contributed by atoms with Crippen LogP contribution in [0.15, 0.2) is 83.9 Å². The summed E-state index contributed by atoms with van der Waals surface area (Å²) in [7, 11) is 0. The molecule has 1 aliphatic heterocycles. The third-order valence-electron chi connectivity index (χ3n) is 5.87. The van der Waals surface area contributed by atoms with Crippen LogP contribution in [0.3, 0.4) is 0 Å². The van der Waals surface area contributed by atoms with Gasteiger partial charge in [0.1, 0.15) is 22.9 Å². The predicted molar refractivity (Wildman–Crippen MR) is 126 cm³/mol. The number of anilines is 1. The topological polar surface area (TPSA) is 74.9 Å². The number of fused-ring (bicyclic) bond motifs is 1. The summed E-state index contributed by atoms with van der Waals surface area (Å²) in [5.74, 6) is 9.04. The Morgan fingerprint density at radius 3 is 2.35 bits per heavy atom. The number of nitrogens with zero attached hydrogens (tertiary/aromatic N) is 2. The molecule has 6 heteroatoms. The average molecular weight is 416 g/mol. The van der Waals surface area contributed by atoms with Gasteiger partial charge < -0.3 is 10.2 Å². The van der Waals surface area contributed by atoms with Gasteiger partial charge in [-0.3, -0.25) is 5.01 Å². The van der Waals surface area contributed by atoms with Crippen molar-refractivity contribution in [1.29, 1.82) is 0 Å². The van der Waals surface area contributed by atoms with Gasteiger partial charge in [0, 0.05) is 12.1 Å². The molecule has 4 rings (SSSR count). The summed E-state index contributed by atoms with van der Waals surface area (Å²) in [4.78, 5) is 4.90. The number of hydrogen-bond donors (Lipinski definition) is 3. The minimum absolute atomic E-state index is 0.401. The zero-order valence-corrected chi connectivity index (χ0v) is 18.0. The number of nitrogens with one attached hydrogen (secondary N) is 2. The van der Waals surface area contributed by atoms with E-state index in [2.05, 4.69) is 24.7 Å². The number of hydrogen-bond acceptors (Lipinski definition) is 6. The Labute approximate surface area is 183 Å². The van der Waals surface area contributed by atoms with Crippen LogP contribution in [0.5, 0.6) is 11.5 Å². The monoisotopic (exact) mass is 415 g/mol. The standard InChI is InChI=1S/C25H29N5O/c1-3-25(4-2)24(28-21-15-9-10-16-22(21)30(25)26)29-27-18-19-12-8-11-17-23(19)31-20-13-6-5-7-14-20/h5-17,27H,3-4,18,26H2,1-2H3,(H,28,29). The number of rotatable bonds is 7. The van der Waals surface area contributed by atoms with E-state index in [0.717, 1.165) is 47.1 Å². The molecule has 31 heavy (non-hydrogen) atoms. The number of aliphatic imine (C=N–C) groups is 1. The largest absolute Gasteiger partial charge is 0.457 e. The number of para-hydroxylation sites is 4. The van der Waals surface area contributed by atoms with Gasteiger partial charge in [0.15, 0.2) is 0 Å². The van der Waals surface area contributed by atoms with Crippen molar-refractivity contribution in [2.45, 2.75) is 38.8 Å². The summed E-state index contributed by atoms with van der Waals surface area (Å²) < 4.78 is 6.07. The molecule has 0 amide bonds. The first kappa shape index (κ1) is 20.9. The fraction of sp³-hybridized carbons (Fsp3) is 0.240. The summed E-state index contributed by atoms with van der Waals surface area (Å²) in [6.45, 7) is 4.84. The molecule has 1 heterocycles. The lowest BCUT2D eigenvalue weighted by atomic mass is 9.88. The fourth-order valence-corrected chi connectivity index (χ4v) is 3.99. The molecule has 4 N–H and O–H groups in total. The molecule has 0 aromatic heterocycles. The summed E-state index contributed by atoms with van der Waals surface area (Å²) in [5.41, 5.74) is 9.12. The molecule has 0 unspecified atom stereocenters. The van der Waals surface area contributed by atoms with E-state index in [1.807, 2.05) is 83.9 Å². The maximum Gasteiger partial charge on any atom is 0.144 e. The van der Waals surface area contributed by atoms with Crippen LogP contribution in [0, 0.1) is 0 Å². The van der Waals surface area contributed by atoms with Gasteiger partial charge in [0.05, 0.1) is 11.4 Å². The van der Waals surface area contributed by atoms with Crippen molar-refractivity contribution < 1.29 is 4.74 Å². The van der Waals surface area contributed by atoms with Crippen LogP contribution >= 0.6 is 0 Å². The molecule has 0 bridgehead atoms. The van der Waals surface area contributed by atoms with Gasteiger partial charge in [-0.2, -0.15) is 0 Å². The molecule has 0 atom stereocenters. The van der Waals surface area contributed by atoms with E-state index in [4.69, 9.17) is 15.6 Å². The first-order valence-electron chi connectivity index (χ1n) is 10.7. The van der Waals surface area contributed by atoms with Crippen molar-refractivity contribution >= 4 is 17.2 Å². The molecule has 0 radical (unpaired) electrons. The van der Waals surface area contributed by atoms with E-state index < -0.39 is 5.54 Å². The van der Waals surface area contributed by atoms with Crippen LogP contribution in [0.25, 0.3) is 0 Å². The first-order valence-corrected chi connectivity index (χ1v) is 10.7. The van der Waals surface area contributed by atoms with Gasteiger partial charge >= 0.3 is 0 Å². The van der Waals surface area contributed by atoms with Crippen molar-refractivity contribution in [3.63, 3.8) is 0 Å². The van der Waals surface area contributed by atoms with E-state index in [-0.39, 0.29) is 0 Å². The van der Waals surface area contributed by atoms with Crippen molar-refractivity contribution in [2.75, 3.05) is 5.01 Å². The highest BCUT2D eigenvalue weighted by Crippen LogP contribution is 2.39. The lowest BCUT2D eigenvalue weighted by molar-refractivity contribution is 0.445. The maximum atomic E-state index is 6.59. The van der Waals surface area contributed by atoms with Crippen molar-refractivity contribution in [3.8, 4) is 11.5 Å². The van der Waals surface area contributed by atoms with Crippen molar-refractivity contribution in [3.05, 3.63) is 84.4 Å². The zero-order valence-electron chi connectivity index (χ0n) is 18.0. The number of amidine groups is 1. The second kappa shape index (κ2) is 9.20. The Hall–Kier alpha value is -3.35. The Bertz CT molecular complexity index is 1050. The van der Waals surface area contributed by atoms with Gasteiger partial charge in [-0.05, 0) is 43.2 Å². The van der Waals surface area contributed by atoms with Gasteiger partial charge in [0.25, 0.3) is 0 Å². The Morgan fingerprint density at radius 1 is 0.903 bits per heavy atom. The normalized spacial score (nSPS) is 14.5. The number of benzene rings is 3. The fourth-order valence-electron chi connectivity index (χ4n) is 3.99.